The van der Waals surface area contributed by atoms with Crippen molar-refractivity contribution in [1.29, 1.82) is 5.26 Å². The second-order valence-electron chi connectivity index (χ2n) is 15.4. The van der Waals surface area contributed by atoms with Crippen LogP contribution in [-0.2, 0) is 28.7 Å². The lowest BCUT2D eigenvalue weighted by Gasteiger charge is -2.31. The predicted molar refractivity (Wildman–Crippen MR) is 198 cm³/mol. The Labute approximate surface area is 319 Å². The van der Waals surface area contributed by atoms with E-state index in [0.29, 0.717) is 44.2 Å². The molecule has 56 heavy (non-hydrogen) atoms. The predicted octanol–water partition coefficient (Wildman–Crippen LogP) is 2.88. The van der Waals surface area contributed by atoms with Gasteiger partial charge in [0.15, 0.2) is 5.69 Å². The van der Waals surface area contributed by atoms with E-state index in [-0.39, 0.29) is 56.6 Å². The Kier molecular flexibility index (Phi) is 8.37. The molecule has 4 unspecified atom stereocenters. The van der Waals surface area contributed by atoms with Gasteiger partial charge in [-0.1, -0.05) is 54.6 Å². The number of hydrogen-bond acceptors (Lipinski definition) is 11. The van der Waals surface area contributed by atoms with Gasteiger partial charge in [-0.25, -0.2) is 14.6 Å². The van der Waals surface area contributed by atoms with Crippen molar-refractivity contribution in [3.8, 4) is 6.07 Å². The number of anilines is 2. The molecule has 6 fully saturated rings. The SMILES string of the molecule is N#Cc1ccc(N2C(=O)[C@H]3C4OC(CCO)(C[C@@H]4O)[C@H]3C2=O)c2ccccc12.[C-]#[N+]c1ccc(N2C(=O)[C@@H]3C4OC(CCO)(C[C@H]4O)[C@@H]3C2=O)c2ccccc12. The molecule has 0 aliphatic carbocycles. The van der Waals surface area contributed by atoms with E-state index in [9.17, 15) is 44.9 Å². The Morgan fingerprint density at radius 3 is 1.59 bits per heavy atom. The monoisotopic (exact) mass is 756 g/mol. The maximum atomic E-state index is 13.4. The zero-order valence-corrected chi connectivity index (χ0v) is 29.8. The number of nitrogens with zero attached hydrogens (tertiary/aromatic N) is 4. The van der Waals surface area contributed by atoms with Gasteiger partial charge in [0.05, 0.1) is 88.9 Å². The number of amides is 4. The van der Waals surface area contributed by atoms with Crippen molar-refractivity contribution in [2.45, 2.75) is 61.3 Å². The van der Waals surface area contributed by atoms with Gasteiger partial charge in [0.2, 0.25) is 23.6 Å². The molecule has 4 bridgehead atoms. The average molecular weight is 757 g/mol. The van der Waals surface area contributed by atoms with Crippen molar-refractivity contribution in [3.63, 3.8) is 0 Å². The molecule has 0 radical (unpaired) electrons. The number of rotatable bonds is 6. The maximum Gasteiger partial charge on any atom is 0.240 e. The topological polar surface area (TPSA) is 202 Å². The Morgan fingerprint density at radius 2 is 1.12 bits per heavy atom. The van der Waals surface area contributed by atoms with Gasteiger partial charge in [-0.05, 0) is 29.0 Å². The van der Waals surface area contributed by atoms with Crippen LogP contribution >= 0.6 is 0 Å². The number of nitriles is 1. The van der Waals surface area contributed by atoms with Crippen LogP contribution in [0, 0.1) is 41.6 Å². The van der Waals surface area contributed by atoms with Gasteiger partial charge >= 0.3 is 0 Å². The third-order valence-corrected chi connectivity index (χ3v) is 12.7. The van der Waals surface area contributed by atoms with Gasteiger partial charge < -0.3 is 29.9 Å². The molecule has 6 aliphatic rings. The minimum Gasteiger partial charge on any atom is -0.396 e. The van der Waals surface area contributed by atoms with E-state index in [1.54, 1.807) is 66.7 Å². The molecule has 0 saturated carbocycles. The summed E-state index contributed by atoms with van der Waals surface area (Å²) >= 11 is 0. The number of aliphatic hydroxyl groups is 4. The Hall–Kier alpha value is -5.58. The zero-order valence-electron chi connectivity index (χ0n) is 29.8. The lowest BCUT2D eigenvalue weighted by atomic mass is 9.70. The fourth-order valence-electron chi connectivity index (χ4n) is 10.5. The molecule has 4 amide bonds. The maximum absolute atomic E-state index is 13.4. The van der Waals surface area contributed by atoms with E-state index < -0.39 is 65.2 Å². The number of hydrogen-bond donors (Lipinski definition) is 4. The number of aliphatic hydroxyl groups excluding tert-OH is 4. The largest absolute Gasteiger partial charge is 0.396 e. The molecule has 4 N–H and O–H groups in total. The molecule has 284 valence electrons. The van der Waals surface area contributed by atoms with Crippen LogP contribution in [-0.4, -0.2) is 92.9 Å². The normalized spacial score (nSPS) is 33.5. The van der Waals surface area contributed by atoms with Gasteiger partial charge in [0, 0.05) is 49.7 Å². The second-order valence-corrected chi connectivity index (χ2v) is 15.4. The third kappa shape index (κ3) is 4.81. The van der Waals surface area contributed by atoms with E-state index in [0.717, 1.165) is 0 Å². The van der Waals surface area contributed by atoms with Crippen LogP contribution in [0.1, 0.15) is 31.2 Å². The lowest BCUT2D eigenvalue weighted by molar-refractivity contribution is -0.130. The van der Waals surface area contributed by atoms with E-state index in [2.05, 4.69) is 10.9 Å². The van der Waals surface area contributed by atoms with Crippen LogP contribution < -0.4 is 9.80 Å². The molecular weight excluding hydrogens is 720 g/mol. The summed E-state index contributed by atoms with van der Waals surface area (Å²) in [6, 6.07) is 23.0. The van der Waals surface area contributed by atoms with E-state index in [1.807, 2.05) is 6.07 Å². The van der Waals surface area contributed by atoms with Crippen molar-refractivity contribution in [2.75, 3.05) is 23.0 Å². The van der Waals surface area contributed by atoms with Crippen molar-refractivity contribution in [3.05, 3.63) is 89.8 Å². The third-order valence-electron chi connectivity index (χ3n) is 12.7. The molecule has 4 aromatic carbocycles. The first kappa shape index (κ1) is 36.1. The quantitative estimate of drug-likeness (QED) is 0.167. The van der Waals surface area contributed by atoms with Crippen LogP contribution in [0.25, 0.3) is 26.4 Å². The lowest BCUT2D eigenvalue weighted by Crippen LogP contribution is -2.45. The summed E-state index contributed by atoms with van der Waals surface area (Å²) in [6.45, 7) is 6.97. The molecule has 10 rings (SSSR count). The van der Waals surface area contributed by atoms with Crippen molar-refractivity contribution < 1.29 is 49.1 Å². The number of imide groups is 2. The fourth-order valence-corrected chi connectivity index (χ4v) is 10.5. The van der Waals surface area contributed by atoms with Crippen LogP contribution in [0.2, 0.25) is 0 Å². The Morgan fingerprint density at radius 1 is 0.679 bits per heavy atom. The van der Waals surface area contributed by atoms with Gasteiger partial charge in [-0.2, -0.15) is 5.26 Å². The molecule has 6 saturated heterocycles. The number of carbonyl (C=O) groups is 4. The van der Waals surface area contributed by atoms with Crippen LogP contribution in [0.3, 0.4) is 0 Å². The summed E-state index contributed by atoms with van der Waals surface area (Å²) in [5.41, 5.74) is -0.208. The molecule has 6 aliphatic heterocycles. The highest BCUT2D eigenvalue weighted by atomic mass is 16.6. The smallest absolute Gasteiger partial charge is 0.240 e. The van der Waals surface area contributed by atoms with Crippen LogP contribution in [0.5, 0.6) is 0 Å². The second kappa shape index (κ2) is 13.0. The fraction of sp³-hybridized carbons (Fsp3) is 0.381. The highest BCUT2D eigenvalue weighted by Gasteiger charge is 2.73. The molecule has 4 aromatic rings. The summed E-state index contributed by atoms with van der Waals surface area (Å²) in [5.74, 6) is -4.44. The molecule has 10 atom stereocenters. The zero-order chi connectivity index (χ0) is 39.3. The summed E-state index contributed by atoms with van der Waals surface area (Å²) < 4.78 is 11.8. The van der Waals surface area contributed by atoms with Crippen molar-refractivity contribution in [2.24, 2.45) is 23.7 Å². The number of fused-ring (bicyclic) bond motifs is 12. The van der Waals surface area contributed by atoms with Gasteiger partial charge in [0.1, 0.15) is 0 Å². The minimum absolute atomic E-state index is 0.188. The molecule has 14 nitrogen and oxygen atoms in total. The van der Waals surface area contributed by atoms with Crippen LogP contribution in [0.4, 0.5) is 17.1 Å². The van der Waals surface area contributed by atoms with E-state index in [1.165, 1.54) is 9.80 Å². The van der Waals surface area contributed by atoms with Gasteiger partial charge in [0.25, 0.3) is 0 Å². The summed E-state index contributed by atoms with van der Waals surface area (Å²) in [6.07, 6.45) is -2.25. The summed E-state index contributed by atoms with van der Waals surface area (Å²) in [5, 5.41) is 51.6. The first-order valence-corrected chi connectivity index (χ1v) is 18.5. The Bertz CT molecular complexity index is 2290. The van der Waals surface area contributed by atoms with Crippen LogP contribution in [0.15, 0.2) is 72.8 Å². The standard InChI is InChI=1S/2C21H18N2O5/c1-22-13-6-7-14(12-5-3-2-4-11(12)13)23-19(26)16-17(20(23)27)21(8-9-24)10-15(25)18(16)28-21;22-10-11-5-6-14(13-4-2-1-3-12(11)13)23-19(26)16-17(20(23)27)21(7-8-24)9-15(25)18(16)28-21/h2-7,15-18,24-25H,8-10H2;1-6,15-18,24-25H,7-9H2/t2*15-,16+,17+,18?,21?/m10/s1. The van der Waals surface area contributed by atoms with Gasteiger partial charge in [-0.15, -0.1) is 0 Å². The first-order valence-electron chi connectivity index (χ1n) is 18.5. The van der Waals surface area contributed by atoms with E-state index >= 15 is 0 Å². The number of carbonyl (C=O) groups excluding carboxylic acids is 4. The molecule has 6 heterocycles. The average Bonchev–Trinajstić information content (AvgIpc) is 4.01. The molecule has 0 aromatic heterocycles. The highest BCUT2D eigenvalue weighted by Crippen LogP contribution is 2.59. The molecular formula is C42H36N4O10. The first-order chi connectivity index (χ1) is 27.0. The van der Waals surface area contributed by atoms with Gasteiger partial charge in [-0.3, -0.25) is 19.2 Å². The van der Waals surface area contributed by atoms with E-state index in [4.69, 9.17) is 16.0 Å². The highest BCUT2D eigenvalue weighted by molar-refractivity contribution is 6.27. The molecule has 0 spiro atoms. The Balaban J connectivity index is 0.000000146. The van der Waals surface area contributed by atoms with Crippen molar-refractivity contribution in [1.82, 2.24) is 0 Å². The number of ether oxygens (including phenoxy) is 2. The molecule has 14 heteroatoms. The summed E-state index contributed by atoms with van der Waals surface area (Å²) in [7, 11) is 0. The minimum atomic E-state index is -1.01. The summed E-state index contributed by atoms with van der Waals surface area (Å²) in [4.78, 5) is 59.2. The number of benzene rings is 4. The van der Waals surface area contributed by atoms with Crippen molar-refractivity contribution >= 4 is 62.2 Å².